The highest BCUT2D eigenvalue weighted by molar-refractivity contribution is 7.98. The zero-order valence-corrected chi connectivity index (χ0v) is 105. The summed E-state index contributed by atoms with van der Waals surface area (Å²) in [6.07, 6.45) is 48.9. The number of sulfone groups is 6. The van der Waals surface area contributed by atoms with Gasteiger partial charge in [-0.2, -0.15) is 28.6 Å². The predicted octanol–water partition coefficient (Wildman–Crippen LogP) is 32.5. The maximum atomic E-state index is 13.6. The van der Waals surface area contributed by atoms with E-state index in [-0.39, 0.29) is 5.82 Å². The molecule has 150 heavy (non-hydrogen) atoms. The number of H-pyrrole nitrogens is 1. The van der Waals surface area contributed by atoms with Crippen molar-refractivity contribution in [3.8, 4) is 23.0 Å². The molecule has 0 amide bonds. The van der Waals surface area contributed by atoms with Crippen molar-refractivity contribution in [2.45, 2.75) is 448 Å². The minimum atomic E-state index is -2.97. The predicted molar refractivity (Wildman–Crippen MR) is 646 cm³/mol. The van der Waals surface area contributed by atoms with Crippen LogP contribution in [-0.4, -0.2) is 200 Å². The van der Waals surface area contributed by atoms with Crippen molar-refractivity contribution in [2.24, 2.45) is 0 Å². The summed E-state index contributed by atoms with van der Waals surface area (Å²) in [6.45, 7) is 41.6. The van der Waals surface area contributed by atoms with Gasteiger partial charge >= 0.3 is 0 Å². The van der Waals surface area contributed by atoms with Crippen LogP contribution in [-0.2, 0) is 88.1 Å². The maximum absolute atomic E-state index is 13.6. The highest BCUT2D eigenvalue weighted by Gasteiger charge is 2.33. The number of nitrogens with zero attached hydrogens (tertiary/aromatic N) is 3. The van der Waals surface area contributed by atoms with Crippen molar-refractivity contribution in [1.82, 2.24) is 15.1 Å². The molecule has 2 aromatic heterocycles. The molecule has 1 fully saturated rings. The number of thioether (sulfide) groups is 2. The lowest BCUT2D eigenvalue weighted by atomic mass is 10.0. The third-order valence-electron chi connectivity index (χ3n) is 27.3. The molecule has 0 saturated carbocycles. The second-order valence-corrected chi connectivity index (χ2v) is 66.5. The van der Waals surface area contributed by atoms with Crippen LogP contribution in [0.3, 0.4) is 0 Å². The number of morpholine rings is 1. The first kappa shape index (κ1) is 142. The van der Waals surface area contributed by atoms with Crippen LogP contribution >= 0.6 is 58.3 Å². The van der Waals surface area contributed by atoms with Gasteiger partial charge in [-0.3, -0.25) is 10.00 Å². The third-order valence-corrected chi connectivity index (χ3v) is 46.6. The normalized spacial score (nSPS) is 13.2. The molecule has 6 aromatic rings. The van der Waals surface area contributed by atoms with E-state index in [1.54, 1.807) is 169 Å². The van der Waals surface area contributed by atoms with E-state index in [0.717, 1.165) is 261 Å². The Labute approximate surface area is 938 Å². The summed E-state index contributed by atoms with van der Waals surface area (Å²) in [7, 11) is -14.4. The number of benzene rings is 4. The fourth-order valence-corrected chi connectivity index (χ4v) is 26.4. The summed E-state index contributed by atoms with van der Waals surface area (Å²) < 4.78 is 175. The maximum Gasteiger partial charge on any atom is 0.160 e. The first-order chi connectivity index (χ1) is 70.4. The Morgan fingerprint density at radius 3 is 1.06 bits per heavy atom. The van der Waals surface area contributed by atoms with Gasteiger partial charge in [-0.05, 0) is 317 Å². The Hall–Kier alpha value is -4.11. The Bertz CT molecular complexity index is 5110. The van der Waals surface area contributed by atoms with Gasteiger partial charge in [-0.15, -0.1) is 0 Å². The lowest BCUT2D eigenvalue weighted by molar-refractivity contribution is 0.0371. The van der Waals surface area contributed by atoms with Gasteiger partial charge in [-0.1, -0.05) is 257 Å². The molecule has 3 heterocycles. The molecule has 0 unspecified atom stereocenters. The molecular formula is C118H202Cl3FN4O16S8. The SMILES string of the molecule is CC(C)(C)S(=O)(=O)CCCCCCCCCCN1CCOCC1.CC(C)(C)S(=O)(=O)CCCCCCCCCSCc1c(Cl)cccc1Cl.CC(C)(C)S(=O)(=O)CCCCCCCCCSCc1c(F)cccc1Cl.CC(C)(C)S(=O)(=O)CCCCCCCc1cc(-c2ccco2)n[nH]1.CCN(CCCCCCCCCS(=O)(=O)C(C)(C)C)c1ccccc1.COc1ccc(CCCCCCCCCS(=O)(=O)C(C)(C)C)cc1OC. The highest BCUT2D eigenvalue weighted by Crippen LogP contribution is 2.34. The highest BCUT2D eigenvalue weighted by atomic mass is 35.5. The number of rotatable bonds is 68. The van der Waals surface area contributed by atoms with Crippen LogP contribution in [0.5, 0.6) is 11.5 Å². The molecule has 0 radical (unpaired) electrons. The van der Waals surface area contributed by atoms with Crippen LogP contribution in [0.1, 0.15) is 417 Å². The Morgan fingerprint density at radius 2 is 0.707 bits per heavy atom. The van der Waals surface area contributed by atoms with Crippen molar-refractivity contribution >= 4 is 123 Å². The first-order valence-corrected chi connectivity index (χ1v) is 69.5. The van der Waals surface area contributed by atoms with Gasteiger partial charge < -0.3 is 23.5 Å². The number of methoxy groups -OCH3 is 2. The molecule has 0 spiro atoms. The van der Waals surface area contributed by atoms with E-state index in [0.29, 0.717) is 50.9 Å². The molecule has 866 valence electrons. The molecule has 0 atom stereocenters. The first-order valence-electron chi connectivity index (χ1n) is 56.2. The minimum Gasteiger partial charge on any atom is -0.493 e. The van der Waals surface area contributed by atoms with Gasteiger partial charge in [0.1, 0.15) is 11.5 Å². The largest absolute Gasteiger partial charge is 0.493 e. The van der Waals surface area contributed by atoms with E-state index in [4.69, 9.17) is 53.4 Å². The summed E-state index contributed by atoms with van der Waals surface area (Å²) in [6, 6.07) is 32.9. The molecule has 1 saturated heterocycles. The molecule has 1 aliphatic heterocycles. The smallest absolute Gasteiger partial charge is 0.160 e. The molecule has 0 bridgehead atoms. The van der Waals surface area contributed by atoms with Crippen molar-refractivity contribution in [2.75, 3.05) is 111 Å². The van der Waals surface area contributed by atoms with Crippen molar-refractivity contribution in [1.29, 1.82) is 0 Å². The molecule has 32 heteroatoms. The Balaban J connectivity index is 0.000000608. The number of hydrogen-bond donors (Lipinski definition) is 1. The molecule has 7 rings (SSSR count). The van der Waals surface area contributed by atoms with Crippen molar-refractivity contribution in [3.63, 3.8) is 0 Å². The van der Waals surface area contributed by atoms with Gasteiger partial charge in [0.2, 0.25) is 0 Å². The topological polar surface area (TPSA) is 281 Å². The van der Waals surface area contributed by atoms with E-state index >= 15 is 0 Å². The number of ether oxygens (including phenoxy) is 3. The van der Waals surface area contributed by atoms with Crippen LogP contribution in [0.25, 0.3) is 11.5 Å². The number of anilines is 1. The van der Waals surface area contributed by atoms with E-state index in [1.807, 2.05) is 54.2 Å². The van der Waals surface area contributed by atoms with Crippen LogP contribution in [0.4, 0.5) is 10.1 Å². The number of hydrogen-bond acceptors (Lipinski definition) is 21. The molecule has 0 aliphatic carbocycles. The zero-order chi connectivity index (χ0) is 112. The van der Waals surface area contributed by atoms with Crippen molar-refractivity contribution < 1.29 is 73.5 Å². The number of halogens is 4. The van der Waals surface area contributed by atoms with Gasteiger partial charge in [-0.25, -0.2) is 54.9 Å². The summed E-state index contributed by atoms with van der Waals surface area (Å²) in [5, 5.41) is 9.30. The average molecular weight is 2310 g/mol. The minimum absolute atomic E-state index is 0.224. The van der Waals surface area contributed by atoms with Crippen molar-refractivity contribution in [3.05, 3.63) is 153 Å². The van der Waals surface area contributed by atoms with E-state index < -0.39 is 87.5 Å². The number of aromatic amines is 1. The number of unbranched alkanes of at least 4 members (excludes halogenated alkanes) is 35. The van der Waals surface area contributed by atoms with Gasteiger partial charge in [0, 0.05) is 69.7 Å². The Kier molecular flexibility index (Phi) is 71.8. The number of para-hydroxylation sites is 1. The summed E-state index contributed by atoms with van der Waals surface area (Å²) in [4.78, 5) is 4.93. The van der Waals surface area contributed by atoms with Crippen LogP contribution in [0.2, 0.25) is 15.1 Å². The molecular weight excluding hydrogens is 2110 g/mol. The zero-order valence-electron chi connectivity index (χ0n) is 96.5. The lowest BCUT2D eigenvalue weighted by Crippen LogP contribution is -2.36. The van der Waals surface area contributed by atoms with E-state index in [1.165, 1.54) is 139 Å². The number of aromatic nitrogens is 2. The number of nitrogens with one attached hydrogen (secondary N) is 1. The number of furan rings is 1. The molecule has 4 aromatic carbocycles. The van der Waals surface area contributed by atoms with Crippen LogP contribution < -0.4 is 14.4 Å². The van der Waals surface area contributed by atoms with Gasteiger partial charge in [0.15, 0.2) is 76.3 Å². The second kappa shape index (κ2) is 75.8. The summed E-state index contributed by atoms with van der Waals surface area (Å²) in [5.74, 6) is 7.61. The van der Waals surface area contributed by atoms with Gasteiger partial charge in [0.25, 0.3) is 0 Å². The van der Waals surface area contributed by atoms with Crippen LogP contribution in [0, 0.1) is 5.82 Å². The molecule has 1 aliphatic rings. The summed E-state index contributed by atoms with van der Waals surface area (Å²) >= 11 is 22.0. The standard InChI is InChI=1S/C21H37NO2S.C21H36O4S.C20H32Cl2O2S2.C20H32ClFO2S2.C18H28N2O3S.C18H37NO3S/c1-5-22(20-16-12-11-13-17-20)18-14-9-7-6-8-10-15-19-25(23,24)21(2,3)4;1-21(2,3)26(22,23)16-12-10-8-6-7-9-11-13-18-14-15-19(24-4)20(17-18)25-5;2*1-20(2,3)26(23,24)15-10-8-6-4-5-7-9-14-25-16-17-18(21)12-11-13-19(17)22;1-18(2,3)24(21,22)13-8-6-4-5-7-10-15-14-16(20-19-15)17-11-9-12-23-17;1-18(2,3)23(20,21)17-11-9-7-5-4-6-8-10-12-19-13-15-22-16-14-19/h11-13,16-17H,5-10,14-15,18-19H2,1-4H3;14-15,17H,6-13,16H2,1-5H3;2*11-13H,4-10,14-16H2,1-3H3;9,11-12,14H,4-8,10,13H2,1-3H3,(H,19,20);4-17H2,1-3H3. The fourth-order valence-electron chi connectivity index (χ4n) is 16.1. The van der Waals surface area contributed by atoms with Crippen LogP contribution in [0.15, 0.2) is 114 Å². The summed E-state index contributed by atoms with van der Waals surface area (Å²) in [5.41, 5.74) is 6.16. The van der Waals surface area contributed by atoms with E-state index in [2.05, 4.69) is 69.4 Å². The van der Waals surface area contributed by atoms with Gasteiger partial charge in [0.05, 0.1) is 96.7 Å². The lowest BCUT2D eigenvalue weighted by Gasteiger charge is -2.26. The third kappa shape index (κ3) is 61.9. The Morgan fingerprint density at radius 1 is 0.373 bits per heavy atom. The van der Waals surface area contributed by atoms with E-state index in [9.17, 15) is 54.9 Å². The molecule has 20 nitrogen and oxygen atoms in total. The monoisotopic (exact) mass is 2310 g/mol. The fraction of sp³-hybridized carbons (Fsp3) is 0.737. The number of aryl methyl sites for hydroxylation is 2. The second-order valence-electron chi connectivity index (χ2n) is 45.9. The molecule has 1 N–H and O–H groups in total. The average Bonchev–Trinajstić information content (AvgIpc) is 1.53. The quantitative estimate of drug-likeness (QED) is 0.0347.